The van der Waals surface area contributed by atoms with Gasteiger partial charge in [-0.05, 0) is 45.4 Å². The molecule has 2 aliphatic rings. The molecule has 4 heteroatoms. The fourth-order valence-corrected chi connectivity index (χ4v) is 3.08. The molecule has 1 N–H and O–H groups in total. The Hall–Kier alpha value is -0.160. The molecule has 0 atom stereocenters. The summed E-state index contributed by atoms with van der Waals surface area (Å²) in [5, 5.41) is 3.72. The summed E-state index contributed by atoms with van der Waals surface area (Å²) >= 11 is 0. The number of ether oxygens (including phenoxy) is 2. The molecule has 2 heterocycles. The lowest BCUT2D eigenvalue weighted by Gasteiger charge is -2.42. The van der Waals surface area contributed by atoms with Crippen LogP contribution in [-0.2, 0) is 9.47 Å². The van der Waals surface area contributed by atoms with Crippen molar-refractivity contribution in [1.82, 2.24) is 10.2 Å². The number of hydrogen-bond acceptors (Lipinski definition) is 4. The quantitative estimate of drug-likeness (QED) is 0.855. The minimum Gasteiger partial charge on any atom is -0.381 e. The van der Waals surface area contributed by atoms with E-state index in [4.69, 9.17) is 9.47 Å². The van der Waals surface area contributed by atoms with E-state index in [0.717, 1.165) is 39.5 Å². The Morgan fingerprint density at radius 1 is 1.00 bits per heavy atom. The monoisotopic (exact) mass is 284 g/mol. The van der Waals surface area contributed by atoms with Gasteiger partial charge in [-0.15, -0.1) is 0 Å². The van der Waals surface area contributed by atoms with Crippen LogP contribution in [0.4, 0.5) is 0 Å². The van der Waals surface area contributed by atoms with Crippen LogP contribution in [0.25, 0.3) is 0 Å². The van der Waals surface area contributed by atoms with Crippen molar-refractivity contribution in [2.75, 3.05) is 52.6 Å². The van der Waals surface area contributed by atoms with Crippen LogP contribution in [0.3, 0.4) is 0 Å². The molecule has 0 spiro atoms. The predicted molar refractivity (Wildman–Crippen MR) is 82.1 cm³/mol. The summed E-state index contributed by atoms with van der Waals surface area (Å²) in [6, 6.07) is 0. The van der Waals surface area contributed by atoms with E-state index in [9.17, 15) is 0 Å². The van der Waals surface area contributed by atoms with Gasteiger partial charge in [0.15, 0.2) is 0 Å². The van der Waals surface area contributed by atoms with Gasteiger partial charge >= 0.3 is 0 Å². The summed E-state index contributed by atoms with van der Waals surface area (Å²) < 4.78 is 11.2. The molecule has 0 aromatic carbocycles. The van der Waals surface area contributed by atoms with E-state index in [2.05, 4.69) is 31.0 Å². The molecule has 4 nitrogen and oxygen atoms in total. The van der Waals surface area contributed by atoms with Crippen LogP contribution < -0.4 is 5.32 Å². The lowest BCUT2D eigenvalue weighted by atomic mass is 9.79. The SMILES string of the molecule is CC(C)(C)NCC1(CN2CCCOCC2)CCOCC1. The van der Waals surface area contributed by atoms with Crippen molar-refractivity contribution in [3.05, 3.63) is 0 Å². The van der Waals surface area contributed by atoms with Crippen LogP contribution in [0.2, 0.25) is 0 Å². The van der Waals surface area contributed by atoms with Crippen molar-refractivity contribution in [2.45, 2.75) is 45.6 Å². The second-order valence-corrected chi connectivity index (χ2v) is 7.46. The molecular weight excluding hydrogens is 252 g/mol. The fourth-order valence-electron chi connectivity index (χ4n) is 3.08. The average molecular weight is 284 g/mol. The van der Waals surface area contributed by atoms with Crippen LogP contribution in [0.5, 0.6) is 0 Å². The Morgan fingerprint density at radius 2 is 1.70 bits per heavy atom. The van der Waals surface area contributed by atoms with Crippen molar-refractivity contribution in [2.24, 2.45) is 5.41 Å². The van der Waals surface area contributed by atoms with Gasteiger partial charge in [-0.2, -0.15) is 0 Å². The molecule has 0 unspecified atom stereocenters. The Labute approximate surface area is 124 Å². The Balaban J connectivity index is 1.94. The maximum atomic E-state index is 5.60. The second-order valence-electron chi connectivity index (χ2n) is 7.46. The molecule has 2 aliphatic heterocycles. The Kier molecular flexibility index (Phi) is 5.84. The van der Waals surface area contributed by atoms with Crippen LogP contribution in [0.15, 0.2) is 0 Å². The van der Waals surface area contributed by atoms with Gasteiger partial charge in [0.05, 0.1) is 6.61 Å². The van der Waals surface area contributed by atoms with Crippen molar-refractivity contribution in [3.63, 3.8) is 0 Å². The standard InChI is InChI=1S/C16H32N2O2/c1-15(2,3)17-13-16(5-10-20-11-6-16)14-18-7-4-9-19-12-8-18/h17H,4-14H2,1-3H3. The molecule has 118 valence electrons. The Bertz CT molecular complexity index is 275. The summed E-state index contributed by atoms with van der Waals surface area (Å²) in [6.45, 7) is 14.9. The molecule has 2 rings (SSSR count). The first-order chi connectivity index (χ1) is 9.49. The summed E-state index contributed by atoms with van der Waals surface area (Å²) in [5.41, 5.74) is 0.559. The zero-order valence-electron chi connectivity index (χ0n) is 13.5. The van der Waals surface area contributed by atoms with Gasteiger partial charge in [-0.3, -0.25) is 0 Å². The van der Waals surface area contributed by atoms with Crippen LogP contribution in [0.1, 0.15) is 40.0 Å². The van der Waals surface area contributed by atoms with Gasteiger partial charge in [0, 0.05) is 51.5 Å². The first-order valence-electron chi connectivity index (χ1n) is 8.12. The molecule has 0 bridgehead atoms. The molecule has 0 aliphatic carbocycles. The summed E-state index contributed by atoms with van der Waals surface area (Å²) in [5.74, 6) is 0. The fraction of sp³-hybridized carbons (Fsp3) is 1.00. The molecule has 0 saturated carbocycles. The van der Waals surface area contributed by atoms with E-state index in [1.807, 2.05) is 0 Å². The Morgan fingerprint density at radius 3 is 2.40 bits per heavy atom. The minimum atomic E-state index is 0.188. The lowest BCUT2D eigenvalue weighted by molar-refractivity contribution is -0.00729. The normalized spacial score (nSPS) is 25.4. The maximum Gasteiger partial charge on any atom is 0.0593 e. The summed E-state index contributed by atoms with van der Waals surface area (Å²) in [4.78, 5) is 2.60. The summed E-state index contributed by atoms with van der Waals surface area (Å²) in [6.07, 6.45) is 3.51. The summed E-state index contributed by atoms with van der Waals surface area (Å²) in [7, 11) is 0. The van der Waals surface area contributed by atoms with Crippen molar-refractivity contribution >= 4 is 0 Å². The van der Waals surface area contributed by atoms with E-state index >= 15 is 0 Å². The third-order valence-corrected chi connectivity index (χ3v) is 4.42. The highest BCUT2D eigenvalue weighted by molar-refractivity contribution is 4.89. The molecule has 0 radical (unpaired) electrons. The van der Waals surface area contributed by atoms with E-state index in [1.165, 1.54) is 32.4 Å². The van der Waals surface area contributed by atoms with Gasteiger partial charge in [-0.1, -0.05) is 0 Å². The largest absolute Gasteiger partial charge is 0.381 e. The lowest BCUT2D eigenvalue weighted by Crippen LogP contribution is -2.51. The zero-order chi connectivity index (χ0) is 14.5. The van der Waals surface area contributed by atoms with Gasteiger partial charge < -0.3 is 19.7 Å². The molecule has 2 saturated heterocycles. The minimum absolute atomic E-state index is 0.188. The van der Waals surface area contributed by atoms with Crippen molar-refractivity contribution < 1.29 is 9.47 Å². The third kappa shape index (κ3) is 5.32. The van der Waals surface area contributed by atoms with E-state index in [0.29, 0.717) is 5.41 Å². The molecule has 0 amide bonds. The number of nitrogens with zero attached hydrogens (tertiary/aromatic N) is 1. The maximum absolute atomic E-state index is 5.60. The zero-order valence-corrected chi connectivity index (χ0v) is 13.5. The van der Waals surface area contributed by atoms with E-state index in [1.54, 1.807) is 0 Å². The second kappa shape index (κ2) is 7.21. The highest BCUT2D eigenvalue weighted by atomic mass is 16.5. The number of nitrogens with one attached hydrogen (secondary N) is 1. The smallest absolute Gasteiger partial charge is 0.0593 e. The average Bonchev–Trinajstić information content (AvgIpc) is 2.66. The highest BCUT2D eigenvalue weighted by Gasteiger charge is 2.35. The molecular formula is C16H32N2O2. The van der Waals surface area contributed by atoms with Crippen LogP contribution in [-0.4, -0.2) is 63.0 Å². The highest BCUT2D eigenvalue weighted by Crippen LogP contribution is 2.31. The van der Waals surface area contributed by atoms with Gasteiger partial charge in [-0.25, -0.2) is 0 Å². The number of rotatable bonds is 4. The number of hydrogen-bond donors (Lipinski definition) is 1. The molecule has 20 heavy (non-hydrogen) atoms. The molecule has 0 aromatic rings. The topological polar surface area (TPSA) is 33.7 Å². The predicted octanol–water partition coefficient (Wildman–Crippen LogP) is 1.89. The van der Waals surface area contributed by atoms with Crippen molar-refractivity contribution in [1.29, 1.82) is 0 Å². The first-order valence-corrected chi connectivity index (χ1v) is 8.12. The van der Waals surface area contributed by atoms with Gasteiger partial charge in [0.25, 0.3) is 0 Å². The van der Waals surface area contributed by atoms with Crippen molar-refractivity contribution in [3.8, 4) is 0 Å². The van der Waals surface area contributed by atoms with Crippen LogP contribution in [0, 0.1) is 5.41 Å². The van der Waals surface area contributed by atoms with Gasteiger partial charge in [0.1, 0.15) is 0 Å². The molecule has 0 aromatic heterocycles. The van der Waals surface area contributed by atoms with Gasteiger partial charge in [0.2, 0.25) is 0 Å². The first kappa shape index (κ1) is 16.2. The van der Waals surface area contributed by atoms with E-state index in [-0.39, 0.29) is 5.54 Å². The third-order valence-electron chi connectivity index (χ3n) is 4.42. The van der Waals surface area contributed by atoms with E-state index < -0.39 is 0 Å². The van der Waals surface area contributed by atoms with Crippen LogP contribution >= 0.6 is 0 Å². The molecule has 2 fully saturated rings.